The van der Waals surface area contributed by atoms with Crippen molar-refractivity contribution in [1.29, 1.82) is 0 Å². The Kier molecular flexibility index (Phi) is 5.84. The zero-order chi connectivity index (χ0) is 24.4. The van der Waals surface area contributed by atoms with Crippen molar-refractivity contribution in [2.24, 2.45) is 0 Å². The van der Waals surface area contributed by atoms with Crippen LogP contribution in [0.2, 0.25) is 0 Å². The fourth-order valence-corrected chi connectivity index (χ4v) is 4.20. The molecule has 170 valence electrons. The number of nitrogens with one attached hydrogen (secondary N) is 1. The van der Waals surface area contributed by atoms with Gasteiger partial charge in [0.05, 0.1) is 18.0 Å². The summed E-state index contributed by atoms with van der Waals surface area (Å²) in [5.74, 6) is -0.337. The van der Waals surface area contributed by atoms with Crippen molar-refractivity contribution < 1.29 is 9.90 Å². The lowest BCUT2D eigenvalue weighted by molar-refractivity contribution is 0.101. The molecule has 6 nitrogen and oxygen atoms in total. The Hall–Kier alpha value is -4.73. The lowest BCUT2D eigenvalue weighted by atomic mass is 9.95. The van der Waals surface area contributed by atoms with E-state index in [-0.39, 0.29) is 5.91 Å². The predicted molar refractivity (Wildman–Crippen MR) is 137 cm³/mol. The zero-order valence-corrected chi connectivity index (χ0v) is 19.0. The molecule has 0 radical (unpaired) electrons. The summed E-state index contributed by atoms with van der Waals surface area (Å²) in [4.78, 5) is 16.7. The summed E-state index contributed by atoms with van der Waals surface area (Å²) >= 11 is 0. The summed E-state index contributed by atoms with van der Waals surface area (Å²) in [6, 6.07) is 29.7. The first kappa shape index (κ1) is 22.1. The van der Waals surface area contributed by atoms with Crippen LogP contribution >= 0.6 is 0 Å². The number of nitrogens with zero attached hydrogens (tertiary/aromatic N) is 3. The van der Waals surface area contributed by atoms with Crippen molar-refractivity contribution in [2.75, 3.05) is 5.32 Å². The average molecular weight is 459 g/mol. The summed E-state index contributed by atoms with van der Waals surface area (Å²) in [5, 5.41) is 20.6. The second-order valence-electron chi connectivity index (χ2n) is 8.26. The molecule has 0 aliphatic heterocycles. The standard InChI is InChI=1S/C29H22N4O2/c1-19-16-27(33(32-19)24-13-7-11-22(18-24)30-2)29(35)31-23-12-5-10-21(17-23)28(34)26-15-6-9-20-8-3-4-14-25(20)26/h3-18,28,34H,1H3,(H,31,35). The highest BCUT2D eigenvalue weighted by Gasteiger charge is 2.18. The number of fused-ring (bicyclic) bond motifs is 1. The lowest BCUT2D eigenvalue weighted by Gasteiger charge is -2.16. The van der Waals surface area contributed by atoms with Gasteiger partial charge in [0.1, 0.15) is 11.8 Å². The van der Waals surface area contributed by atoms with Gasteiger partial charge < -0.3 is 10.4 Å². The maximum Gasteiger partial charge on any atom is 0.274 e. The number of benzene rings is 4. The highest BCUT2D eigenvalue weighted by Crippen LogP contribution is 2.30. The molecule has 4 aromatic carbocycles. The van der Waals surface area contributed by atoms with Gasteiger partial charge in [-0.1, -0.05) is 66.7 Å². The summed E-state index contributed by atoms with van der Waals surface area (Å²) < 4.78 is 1.54. The van der Waals surface area contributed by atoms with Crippen LogP contribution < -0.4 is 5.32 Å². The largest absolute Gasteiger partial charge is 0.384 e. The van der Waals surface area contributed by atoms with Crippen LogP contribution in [0.5, 0.6) is 0 Å². The Morgan fingerprint density at radius 1 is 0.971 bits per heavy atom. The van der Waals surface area contributed by atoms with Gasteiger partial charge >= 0.3 is 0 Å². The first-order valence-corrected chi connectivity index (χ1v) is 11.1. The highest BCUT2D eigenvalue weighted by atomic mass is 16.3. The van der Waals surface area contributed by atoms with Gasteiger partial charge in [0.15, 0.2) is 5.69 Å². The van der Waals surface area contributed by atoms with E-state index >= 15 is 0 Å². The second-order valence-corrected chi connectivity index (χ2v) is 8.26. The highest BCUT2D eigenvalue weighted by molar-refractivity contribution is 6.03. The number of rotatable bonds is 5. The number of amides is 1. The molecule has 0 fully saturated rings. The quantitative estimate of drug-likeness (QED) is 0.307. The molecular weight excluding hydrogens is 436 g/mol. The van der Waals surface area contributed by atoms with Crippen molar-refractivity contribution in [3.05, 3.63) is 131 Å². The molecule has 1 amide bonds. The number of hydrogen-bond donors (Lipinski definition) is 2. The first-order valence-electron chi connectivity index (χ1n) is 11.1. The number of carbonyl (C=O) groups excluding carboxylic acids is 1. The summed E-state index contributed by atoms with van der Waals surface area (Å²) in [5.41, 5.74) is 4.18. The predicted octanol–water partition coefficient (Wildman–Crippen LogP) is 6.22. The summed E-state index contributed by atoms with van der Waals surface area (Å²) in [7, 11) is 0. The van der Waals surface area contributed by atoms with Crippen molar-refractivity contribution in [3.63, 3.8) is 0 Å². The second kappa shape index (κ2) is 9.26. The van der Waals surface area contributed by atoms with E-state index in [2.05, 4.69) is 15.3 Å². The number of aromatic nitrogens is 2. The number of carbonyl (C=O) groups is 1. The van der Waals surface area contributed by atoms with Crippen LogP contribution in [-0.2, 0) is 0 Å². The smallest absolute Gasteiger partial charge is 0.274 e. The molecule has 5 aromatic rings. The van der Waals surface area contributed by atoms with E-state index in [9.17, 15) is 9.90 Å². The van der Waals surface area contributed by atoms with Crippen LogP contribution in [0.25, 0.3) is 21.3 Å². The van der Waals surface area contributed by atoms with Crippen molar-refractivity contribution >= 4 is 28.1 Å². The minimum absolute atomic E-state index is 0.337. The van der Waals surface area contributed by atoms with E-state index in [1.54, 1.807) is 48.5 Å². The van der Waals surface area contributed by atoms with Gasteiger partial charge in [0.2, 0.25) is 0 Å². The molecule has 6 heteroatoms. The van der Waals surface area contributed by atoms with Gasteiger partial charge in [-0.25, -0.2) is 9.53 Å². The molecule has 35 heavy (non-hydrogen) atoms. The third kappa shape index (κ3) is 4.41. The van der Waals surface area contributed by atoms with Crippen molar-refractivity contribution in [3.8, 4) is 5.69 Å². The normalized spacial score (nSPS) is 11.7. The minimum atomic E-state index is -0.845. The molecule has 0 saturated carbocycles. The molecule has 1 heterocycles. The van der Waals surface area contributed by atoms with E-state index in [1.165, 1.54) is 4.68 Å². The third-order valence-electron chi connectivity index (χ3n) is 5.85. The third-order valence-corrected chi connectivity index (χ3v) is 5.85. The Morgan fingerprint density at radius 3 is 2.60 bits per heavy atom. The van der Waals surface area contributed by atoms with E-state index < -0.39 is 6.10 Å². The SMILES string of the molecule is [C-]#[N+]c1cccc(-n2nc(C)cc2C(=O)Nc2cccc(C(O)c3cccc4ccccc34)c2)c1. The molecular formula is C29H22N4O2. The fourth-order valence-electron chi connectivity index (χ4n) is 4.20. The maximum absolute atomic E-state index is 13.2. The molecule has 1 aromatic heterocycles. The van der Waals surface area contributed by atoms with Crippen LogP contribution in [0.1, 0.15) is 33.4 Å². The number of aliphatic hydroxyl groups excluding tert-OH is 1. The monoisotopic (exact) mass is 458 g/mol. The van der Waals surface area contributed by atoms with Crippen LogP contribution in [0.4, 0.5) is 11.4 Å². The Labute approximate surface area is 202 Å². The molecule has 5 rings (SSSR count). The van der Waals surface area contributed by atoms with Gasteiger partial charge in [0, 0.05) is 5.69 Å². The number of aryl methyl sites for hydroxylation is 1. The molecule has 0 aliphatic rings. The van der Waals surface area contributed by atoms with E-state index in [0.717, 1.165) is 16.3 Å². The fraction of sp³-hybridized carbons (Fsp3) is 0.0690. The number of hydrogen-bond acceptors (Lipinski definition) is 3. The minimum Gasteiger partial charge on any atom is -0.384 e. The van der Waals surface area contributed by atoms with Crippen molar-refractivity contribution in [1.82, 2.24) is 9.78 Å². The van der Waals surface area contributed by atoms with Crippen molar-refractivity contribution in [2.45, 2.75) is 13.0 Å². The van der Waals surface area contributed by atoms with Crippen LogP contribution in [0, 0.1) is 13.5 Å². The molecule has 2 N–H and O–H groups in total. The molecule has 1 unspecified atom stereocenters. The van der Waals surface area contributed by atoms with E-state index in [4.69, 9.17) is 6.57 Å². The molecule has 1 atom stereocenters. The zero-order valence-electron chi connectivity index (χ0n) is 19.0. The number of aliphatic hydroxyl groups is 1. The van der Waals surface area contributed by atoms with Gasteiger partial charge in [-0.05, 0) is 59.2 Å². The van der Waals surface area contributed by atoms with Gasteiger partial charge in [-0.2, -0.15) is 5.10 Å². The summed E-state index contributed by atoms with van der Waals surface area (Å²) in [6.07, 6.45) is -0.845. The van der Waals surface area contributed by atoms with Gasteiger partial charge in [-0.3, -0.25) is 4.79 Å². The Balaban J connectivity index is 1.44. The molecule has 0 spiro atoms. The molecule has 0 saturated heterocycles. The molecule has 0 aliphatic carbocycles. The van der Waals surface area contributed by atoms with Crippen LogP contribution in [0.15, 0.2) is 97.1 Å². The number of anilines is 1. The van der Waals surface area contributed by atoms with Crippen LogP contribution in [0.3, 0.4) is 0 Å². The Morgan fingerprint density at radius 2 is 1.74 bits per heavy atom. The maximum atomic E-state index is 13.2. The van der Waals surface area contributed by atoms with Gasteiger partial charge in [-0.15, -0.1) is 0 Å². The van der Waals surface area contributed by atoms with Gasteiger partial charge in [0.25, 0.3) is 5.91 Å². The average Bonchev–Trinajstić information content (AvgIpc) is 3.30. The van der Waals surface area contributed by atoms with Crippen LogP contribution in [-0.4, -0.2) is 20.8 Å². The van der Waals surface area contributed by atoms with E-state index in [1.807, 2.05) is 55.5 Å². The molecule has 0 bridgehead atoms. The lowest BCUT2D eigenvalue weighted by Crippen LogP contribution is -2.17. The van der Waals surface area contributed by atoms with E-state index in [0.29, 0.717) is 34.0 Å². The summed E-state index contributed by atoms with van der Waals surface area (Å²) in [6.45, 7) is 9.06. The topological polar surface area (TPSA) is 71.5 Å². The Bertz CT molecular complexity index is 1590. The first-order chi connectivity index (χ1) is 17.0.